The van der Waals surface area contributed by atoms with Crippen LogP contribution in [0.25, 0.3) is 243 Å². The highest BCUT2D eigenvalue weighted by Crippen LogP contribution is 2.57. The van der Waals surface area contributed by atoms with E-state index in [0.29, 0.717) is 0 Å². The van der Waals surface area contributed by atoms with Gasteiger partial charge < -0.3 is 0 Å². The number of hydrogen-bond donors (Lipinski definition) is 0. The van der Waals surface area contributed by atoms with Crippen LogP contribution in [0.3, 0.4) is 0 Å². The van der Waals surface area contributed by atoms with E-state index in [1.165, 1.54) is 200 Å². The lowest BCUT2D eigenvalue weighted by atomic mass is 9.93. The Morgan fingerprint density at radius 1 is 0.164 bits per heavy atom. The molecule has 16 nitrogen and oxygen atoms in total. The monoisotopic (exact) mass is 1780 g/mol. The maximum absolute atomic E-state index is 4.99. The van der Waals surface area contributed by atoms with Crippen LogP contribution in [-0.2, 0) is 51.4 Å². The molecule has 16 aromatic heterocycles. The molecule has 0 atom stereocenters. The second-order valence-electron chi connectivity index (χ2n) is 38.7. The molecule has 8 aliphatic rings. The van der Waals surface area contributed by atoms with E-state index >= 15 is 0 Å². The van der Waals surface area contributed by atoms with Gasteiger partial charge >= 0.3 is 0 Å². The maximum atomic E-state index is 4.99. The fourth-order valence-corrected chi connectivity index (χ4v) is 26.0. The molecule has 140 heavy (non-hydrogen) atoms. The molecule has 0 unspecified atom stereocenters. The Morgan fingerprint density at radius 3 is 0.886 bits per heavy atom. The van der Waals surface area contributed by atoms with Gasteiger partial charge in [0.2, 0.25) is 0 Å². The lowest BCUT2D eigenvalue weighted by Crippen LogP contribution is -1.95. The zero-order valence-electron chi connectivity index (χ0n) is 75.1. The number of imidazole rings is 4. The first-order valence-corrected chi connectivity index (χ1v) is 48.2. The average molecular weight is 1790 g/mol. The van der Waals surface area contributed by atoms with Gasteiger partial charge in [0.25, 0.3) is 0 Å². The third kappa shape index (κ3) is 10.2. The normalized spacial score (nSPS) is 13.5. The maximum Gasteiger partial charge on any atom is 0.178 e. The second-order valence-corrected chi connectivity index (χ2v) is 38.7. The highest BCUT2D eigenvalue weighted by Gasteiger charge is 2.37. The van der Waals surface area contributed by atoms with Crippen LogP contribution >= 0.6 is 0 Å². The lowest BCUT2D eigenvalue weighted by Gasteiger charge is -2.13. The SMILES string of the molecule is c1ccc2c(c1)Cc1c-2ccc2c1Cc1ccc3c(c1-2)c1ncccc1n1c2cccnc2nc31.c1ccc2c(c1)Cc1cc3c(cc1-2)-c1c(ccc2c1c1ncccc1n1c4cccnc4nc21)C3.c1ccc2c(c1)Cc1cc3c(cc1-2)Cc1ccc2c(c1-3)c1ncccc1n1c3cccnc3nc21.c1ccc2c(c1)Cc1ccc3c(c1-2)Cc1ccc2c(c1-3)c1ncccc1n1c3cccnc3nc21. The van der Waals surface area contributed by atoms with Crippen LogP contribution in [0.2, 0.25) is 0 Å². The Morgan fingerprint density at radius 2 is 0.436 bits per heavy atom. The zero-order valence-corrected chi connectivity index (χ0v) is 75.1. The van der Waals surface area contributed by atoms with Gasteiger partial charge in [-0.1, -0.05) is 176 Å². The van der Waals surface area contributed by atoms with Crippen LogP contribution in [-0.4, -0.2) is 77.4 Å². The molecule has 28 aromatic rings. The number of aromatic nitrogens is 16. The van der Waals surface area contributed by atoms with Crippen molar-refractivity contribution in [1.82, 2.24) is 77.4 Å². The Hall–Kier alpha value is -18.3. The number of hydrogen-bond acceptors (Lipinski definition) is 12. The molecule has 12 aromatic carbocycles. The Labute approximate surface area is 796 Å². The molecule has 0 N–H and O–H groups in total. The van der Waals surface area contributed by atoms with Crippen molar-refractivity contribution < 1.29 is 0 Å². The van der Waals surface area contributed by atoms with Crippen LogP contribution in [0.4, 0.5) is 0 Å². The summed E-state index contributed by atoms with van der Waals surface area (Å²) in [7, 11) is 0. The number of nitrogens with zero attached hydrogens (tertiary/aromatic N) is 16. The topological polar surface area (TPSA) is 172 Å². The predicted molar refractivity (Wildman–Crippen MR) is 559 cm³/mol. The summed E-state index contributed by atoms with van der Waals surface area (Å²) in [6.45, 7) is 0. The van der Waals surface area contributed by atoms with Crippen molar-refractivity contribution in [1.29, 1.82) is 0 Å². The highest BCUT2D eigenvalue weighted by atomic mass is 15.1. The second kappa shape index (κ2) is 27.7. The van der Waals surface area contributed by atoms with E-state index < -0.39 is 0 Å². The Balaban J connectivity index is 0.0000000829. The van der Waals surface area contributed by atoms with Crippen molar-refractivity contribution in [2.75, 3.05) is 0 Å². The molecular weight excluding hydrogens is 1710 g/mol. The van der Waals surface area contributed by atoms with Crippen molar-refractivity contribution in [2.24, 2.45) is 0 Å². The van der Waals surface area contributed by atoms with Gasteiger partial charge in [-0.15, -0.1) is 0 Å². The molecule has 0 saturated heterocycles. The number of benzene rings is 12. The van der Waals surface area contributed by atoms with Crippen LogP contribution in [0.15, 0.2) is 341 Å². The summed E-state index contributed by atoms with van der Waals surface area (Å²) in [6, 6.07) is 105. The zero-order chi connectivity index (χ0) is 90.7. The predicted octanol–water partition coefficient (Wildman–Crippen LogP) is 26.9. The van der Waals surface area contributed by atoms with Crippen LogP contribution < -0.4 is 0 Å². The molecule has 648 valence electrons. The van der Waals surface area contributed by atoms with Crippen LogP contribution in [0.5, 0.6) is 0 Å². The fraction of sp³-hybridized carbons (Fsp3) is 0.0645. The summed E-state index contributed by atoms with van der Waals surface area (Å²) in [6.07, 6.45) is 22.7. The van der Waals surface area contributed by atoms with Gasteiger partial charge in [0.05, 0.1) is 66.2 Å². The first-order valence-electron chi connectivity index (χ1n) is 48.2. The smallest absolute Gasteiger partial charge is 0.178 e. The van der Waals surface area contributed by atoms with Gasteiger partial charge in [-0.2, -0.15) is 0 Å². The van der Waals surface area contributed by atoms with E-state index in [1.807, 2.05) is 98.1 Å². The summed E-state index contributed by atoms with van der Waals surface area (Å²) in [5, 5.41) is 9.32. The van der Waals surface area contributed by atoms with Crippen molar-refractivity contribution in [3.8, 4) is 89.0 Å². The van der Waals surface area contributed by atoms with Gasteiger partial charge in [0.1, 0.15) is 22.6 Å². The van der Waals surface area contributed by atoms with Crippen LogP contribution in [0, 0.1) is 0 Å². The van der Waals surface area contributed by atoms with Crippen molar-refractivity contribution >= 4 is 154 Å². The van der Waals surface area contributed by atoms with Gasteiger partial charge in [0, 0.05) is 92.7 Å². The molecule has 0 aliphatic heterocycles. The molecule has 8 aliphatic carbocycles. The molecule has 0 spiro atoms. The Bertz CT molecular complexity index is 10300. The molecular formula is C124H72N16. The number of fused-ring (bicyclic) bond motifs is 62. The van der Waals surface area contributed by atoms with Crippen molar-refractivity contribution in [3.05, 3.63) is 430 Å². The van der Waals surface area contributed by atoms with Gasteiger partial charge in [-0.05, 0) is 345 Å². The minimum absolute atomic E-state index is 0.764. The number of rotatable bonds is 0. The van der Waals surface area contributed by atoms with Crippen molar-refractivity contribution in [2.45, 2.75) is 51.4 Å². The first-order chi connectivity index (χ1) is 69.4. The summed E-state index contributed by atoms with van der Waals surface area (Å²) >= 11 is 0. The van der Waals surface area contributed by atoms with E-state index in [2.05, 4.69) is 280 Å². The summed E-state index contributed by atoms with van der Waals surface area (Å²) in [5.74, 6) is 0. The summed E-state index contributed by atoms with van der Waals surface area (Å²) < 4.78 is 8.87. The highest BCUT2D eigenvalue weighted by molar-refractivity contribution is 6.24. The largest absolute Gasteiger partial charge is 0.288 e. The van der Waals surface area contributed by atoms with Crippen molar-refractivity contribution in [3.63, 3.8) is 0 Å². The van der Waals surface area contributed by atoms with E-state index in [9.17, 15) is 0 Å². The first kappa shape index (κ1) is 75.1. The van der Waals surface area contributed by atoms with Crippen LogP contribution in [0.1, 0.15) is 89.0 Å². The van der Waals surface area contributed by atoms with Gasteiger partial charge in [-0.25, -0.2) is 39.9 Å². The van der Waals surface area contributed by atoms with E-state index in [4.69, 9.17) is 39.9 Å². The molecule has 16 heteroatoms. The molecule has 16 heterocycles. The molecule has 0 radical (unpaired) electrons. The fourth-order valence-electron chi connectivity index (χ4n) is 26.0. The standard InChI is InChI=1S/4C31H18N4/c1-2-6-20-17(5-1)15-18-9-11-21-23(26(18)20)16-19-10-12-22-28(27(19)21)29-24(7-3-13-32-29)35-25-8-4-14-33-30(25)34-31(22)35;1-2-6-19-17(5-1)15-23-20(19)11-12-21-24(23)16-18-9-10-22-28(27(18)21)29-25(7-3-13-32-29)35-26-8-4-14-33-30(26)34-31(22)35;1-2-6-21-17(5-1)13-19-16-24-20(15-23(19)21)14-18-9-10-22-28(27(18)24)29-25(7-3-11-32-29)35-26-8-4-12-33-30(26)34-31(22)35;1-2-6-21-17(5-1)13-19-15-20-14-18-9-10-22-28(27(18)24(20)16-23(19)21)29-25(7-3-11-32-29)35-26-8-4-12-33-30(26)34-31(22)35/h2*1-14H,15-16H2;2*1-12,15-16H,13-14H2. The lowest BCUT2D eigenvalue weighted by molar-refractivity contribution is 1.16. The van der Waals surface area contributed by atoms with E-state index in [0.717, 1.165) is 184 Å². The quantitative estimate of drug-likeness (QED) is 0.132. The van der Waals surface area contributed by atoms with E-state index in [1.54, 1.807) is 0 Å². The third-order valence-electron chi connectivity index (χ3n) is 31.7. The van der Waals surface area contributed by atoms with Gasteiger partial charge in [-0.3, -0.25) is 37.5 Å². The van der Waals surface area contributed by atoms with E-state index in [-0.39, 0.29) is 0 Å². The molecule has 0 amide bonds. The molecule has 36 rings (SSSR count). The number of pyridine rings is 12. The molecule has 0 fully saturated rings. The summed E-state index contributed by atoms with van der Waals surface area (Å²) in [5.41, 5.74) is 63.8. The third-order valence-corrected chi connectivity index (χ3v) is 31.7. The summed E-state index contributed by atoms with van der Waals surface area (Å²) in [4.78, 5) is 57.9. The van der Waals surface area contributed by atoms with Gasteiger partial charge in [0.15, 0.2) is 22.6 Å². The average Bonchev–Trinajstić information content (AvgIpc) is 1.51. The Kier molecular flexibility index (Phi) is 14.9. The molecule has 0 bridgehead atoms. The minimum Gasteiger partial charge on any atom is -0.288 e. The minimum atomic E-state index is 0.764. The molecule has 0 saturated carbocycles.